The Morgan fingerprint density at radius 2 is 2.05 bits per heavy atom. The third-order valence-corrected chi connectivity index (χ3v) is 2.63. The lowest BCUT2D eigenvalue weighted by atomic mass is 10.1. The van der Waals surface area contributed by atoms with Gasteiger partial charge in [0.2, 0.25) is 0 Å². The van der Waals surface area contributed by atoms with Gasteiger partial charge in [0, 0.05) is 31.8 Å². The van der Waals surface area contributed by atoms with Crippen LogP contribution in [0.1, 0.15) is 18.9 Å². The normalized spacial score (nSPS) is 11.0. The van der Waals surface area contributed by atoms with E-state index in [1.54, 1.807) is 0 Å². The Labute approximate surface area is 115 Å². The van der Waals surface area contributed by atoms with Crippen LogP contribution in [0.4, 0.5) is 19.3 Å². The van der Waals surface area contributed by atoms with Crippen molar-refractivity contribution in [3.63, 3.8) is 0 Å². The number of hydrogen-bond acceptors (Lipinski definition) is 2. The Bertz CT molecular complexity index is 501. The van der Waals surface area contributed by atoms with Crippen LogP contribution < -0.4 is 5.32 Å². The van der Waals surface area contributed by atoms with Crippen LogP contribution in [0.15, 0.2) is 24.3 Å². The molecule has 110 valence electrons. The monoisotopic (exact) mass is 286 g/mol. The lowest BCUT2D eigenvalue weighted by Crippen LogP contribution is -2.33. The van der Waals surface area contributed by atoms with E-state index in [0.717, 1.165) is 6.92 Å². The van der Waals surface area contributed by atoms with Gasteiger partial charge in [-0.05, 0) is 12.1 Å². The van der Waals surface area contributed by atoms with Crippen LogP contribution in [0.2, 0.25) is 0 Å². The fourth-order valence-electron chi connectivity index (χ4n) is 1.45. The summed E-state index contributed by atoms with van der Waals surface area (Å²) in [6.45, 7) is 0.803. The molecule has 2 N–H and O–H groups in total. The first-order valence-corrected chi connectivity index (χ1v) is 5.92. The van der Waals surface area contributed by atoms with Gasteiger partial charge in [-0.25, -0.2) is 13.6 Å². The average molecular weight is 286 g/mol. The molecule has 2 amide bonds. The molecule has 0 aliphatic heterocycles. The van der Waals surface area contributed by atoms with E-state index in [0.29, 0.717) is 0 Å². The second-order valence-electron chi connectivity index (χ2n) is 4.46. The fraction of sp³-hybridized carbons (Fsp3) is 0.385. The van der Waals surface area contributed by atoms with Crippen molar-refractivity contribution in [3.8, 4) is 0 Å². The maximum Gasteiger partial charge on any atom is 0.321 e. The minimum absolute atomic E-state index is 0.0325. The summed E-state index contributed by atoms with van der Waals surface area (Å²) in [5, 5.41) is 11.0. The van der Waals surface area contributed by atoms with Gasteiger partial charge in [0.25, 0.3) is 5.92 Å². The van der Waals surface area contributed by atoms with Crippen molar-refractivity contribution in [3.05, 3.63) is 29.8 Å². The molecule has 1 aromatic rings. The van der Waals surface area contributed by atoms with Crippen molar-refractivity contribution in [1.82, 2.24) is 4.90 Å². The lowest BCUT2D eigenvalue weighted by Gasteiger charge is -2.18. The van der Waals surface area contributed by atoms with Crippen molar-refractivity contribution >= 4 is 17.7 Å². The van der Waals surface area contributed by atoms with E-state index in [2.05, 4.69) is 5.32 Å². The average Bonchev–Trinajstić information content (AvgIpc) is 2.35. The molecule has 0 bridgehead atoms. The summed E-state index contributed by atoms with van der Waals surface area (Å²) in [6.07, 6.45) is -0.184. The molecule has 0 radical (unpaired) electrons. The van der Waals surface area contributed by atoms with Crippen LogP contribution in [-0.4, -0.2) is 35.6 Å². The van der Waals surface area contributed by atoms with Crippen molar-refractivity contribution in [1.29, 1.82) is 0 Å². The van der Waals surface area contributed by atoms with E-state index >= 15 is 0 Å². The van der Waals surface area contributed by atoms with Gasteiger partial charge >= 0.3 is 12.0 Å². The standard InChI is InChI=1S/C13H16F2N2O3/c1-13(14,15)9-4-3-5-10(8-9)16-12(20)17(2)7-6-11(18)19/h3-5,8H,6-7H2,1-2H3,(H,16,20)(H,18,19). The number of amides is 2. The quantitative estimate of drug-likeness (QED) is 0.874. The zero-order chi connectivity index (χ0) is 15.3. The second kappa shape index (κ2) is 6.31. The Balaban J connectivity index is 2.69. The van der Waals surface area contributed by atoms with Crippen LogP contribution in [0, 0.1) is 0 Å². The number of rotatable bonds is 5. The molecule has 5 nitrogen and oxygen atoms in total. The minimum atomic E-state index is -2.99. The first-order chi connectivity index (χ1) is 9.20. The molecule has 0 aromatic heterocycles. The number of carboxylic acids is 1. The summed E-state index contributed by atoms with van der Waals surface area (Å²) in [5.74, 6) is -4.01. The molecule has 0 saturated carbocycles. The second-order valence-corrected chi connectivity index (χ2v) is 4.46. The highest BCUT2D eigenvalue weighted by molar-refractivity contribution is 5.89. The number of alkyl halides is 2. The van der Waals surface area contributed by atoms with Crippen molar-refractivity contribution in [2.45, 2.75) is 19.3 Å². The molecular formula is C13H16F2N2O3. The molecule has 7 heteroatoms. The van der Waals surface area contributed by atoms with Crippen LogP contribution in [0.3, 0.4) is 0 Å². The van der Waals surface area contributed by atoms with Crippen molar-refractivity contribution in [2.24, 2.45) is 0 Å². The number of nitrogens with one attached hydrogen (secondary N) is 1. The SMILES string of the molecule is CN(CCC(=O)O)C(=O)Nc1cccc(C(C)(F)F)c1. The Morgan fingerprint density at radius 1 is 1.40 bits per heavy atom. The molecule has 0 aliphatic rings. The van der Waals surface area contributed by atoms with E-state index in [4.69, 9.17) is 5.11 Å². The predicted octanol–water partition coefficient (Wildman–Crippen LogP) is 2.74. The molecule has 0 saturated heterocycles. The highest BCUT2D eigenvalue weighted by Gasteiger charge is 2.24. The number of carbonyl (C=O) groups is 2. The van der Waals surface area contributed by atoms with Crippen LogP contribution in [0.5, 0.6) is 0 Å². The summed E-state index contributed by atoms with van der Waals surface area (Å²) >= 11 is 0. The topological polar surface area (TPSA) is 69.6 Å². The van der Waals surface area contributed by atoms with Crippen molar-refractivity contribution in [2.75, 3.05) is 18.9 Å². The van der Waals surface area contributed by atoms with Gasteiger partial charge in [-0.2, -0.15) is 0 Å². The maximum atomic E-state index is 13.2. The van der Waals surface area contributed by atoms with Crippen LogP contribution in [0.25, 0.3) is 0 Å². The number of hydrogen-bond donors (Lipinski definition) is 2. The van der Waals surface area contributed by atoms with Gasteiger partial charge in [0.15, 0.2) is 0 Å². The van der Waals surface area contributed by atoms with E-state index in [1.807, 2.05) is 0 Å². The fourth-order valence-corrected chi connectivity index (χ4v) is 1.45. The summed E-state index contributed by atoms with van der Waals surface area (Å²) in [6, 6.07) is 4.80. The first-order valence-electron chi connectivity index (χ1n) is 5.92. The largest absolute Gasteiger partial charge is 0.481 e. The summed E-state index contributed by atoms with van der Waals surface area (Å²) in [7, 11) is 1.43. The third-order valence-electron chi connectivity index (χ3n) is 2.63. The van der Waals surface area contributed by atoms with Gasteiger partial charge in [-0.1, -0.05) is 12.1 Å². The Kier molecular flexibility index (Phi) is 5.01. The first kappa shape index (κ1) is 15.9. The molecule has 0 aliphatic carbocycles. The highest BCUT2D eigenvalue weighted by Crippen LogP contribution is 2.28. The summed E-state index contributed by atoms with van der Waals surface area (Å²) < 4.78 is 26.3. The molecule has 0 heterocycles. The summed E-state index contributed by atoms with van der Waals surface area (Å²) in [4.78, 5) is 23.3. The van der Waals surface area contributed by atoms with Gasteiger partial charge in [0.05, 0.1) is 6.42 Å². The summed E-state index contributed by atoms with van der Waals surface area (Å²) in [5.41, 5.74) is 0.0275. The molecule has 0 unspecified atom stereocenters. The number of benzene rings is 1. The van der Waals surface area contributed by atoms with Crippen LogP contribution in [-0.2, 0) is 10.7 Å². The minimum Gasteiger partial charge on any atom is -0.481 e. The highest BCUT2D eigenvalue weighted by atomic mass is 19.3. The number of anilines is 1. The van der Waals surface area contributed by atoms with Gasteiger partial charge in [-0.3, -0.25) is 4.79 Å². The molecular weight excluding hydrogens is 270 g/mol. The number of aliphatic carboxylic acids is 1. The molecule has 0 fully saturated rings. The van der Waals surface area contributed by atoms with Gasteiger partial charge in [0.1, 0.15) is 0 Å². The predicted molar refractivity (Wildman–Crippen MR) is 69.9 cm³/mol. The Hall–Kier alpha value is -2.18. The van der Waals surface area contributed by atoms with Crippen molar-refractivity contribution < 1.29 is 23.5 Å². The zero-order valence-electron chi connectivity index (χ0n) is 11.2. The zero-order valence-corrected chi connectivity index (χ0v) is 11.2. The Morgan fingerprint density at radius 3 is 2.60 bits per heavy atom. The van der Waals surface area contributed by atoms with E-state index in [1.165, 1.54) is 36.2 Å². The number of urea groups is 1. The smallest absolute Gasteiger partial charge is 0.321 e. The molecule has 20 heavy (non-hydrogen) atoms. The lowest BCUT2D eigenvalue weighted by molar-refractivity contribution is -0.137. The number of nitrogens with zero attached hydrogens (tertiary/aromatic N) is 1. The molecule has 1 rings (SSSR count). The van der Waals surface area contributed by atoms with E-state index in [-0.39, 0.29) is 24.2 Å². The van der Waals surface area contributed by atoms with Gasteiger partial charge < -0.3 is 15.3 Å². The molecule has 0 atom stereocenters. The van der Waals surface area contributed by atoms with Crippen LogP contribution >= 0.6 is 0 Å². The van der Waals surface area contributed by atoms with E-state index < -0.39 is 17.9 Å². The number of carboxylic acid groups (broad SMARTS) is 1. The number of carbonyl (C=O) groups excluding carboxylic acids is 1. The van der Waals surface area contributed by atoms with E-state index in [9.17, 15) is 18.4 Å². The third kappa shape index (κ3) is 4.83. The molecule has 0 spiro atoms. The molecule has 1 aromatic carbocycles. The maximum absolute atomic E-state index is 13.2. The van der Waals surface area contributed by atoms with Gasteiger partial charge in [-0.15, -0.1) is 0 Å². The number of halogens is 2.